The van der Waals surface area contributed by atoms with Crippen molar-refractivity contribution < 1.29 is 14.3 Å². The lowest BCUT2D eigenvalue weighted by Gasteiger charge is -2.24. The first-order valence-electron chi connectivity index (χ1n) is 8.74. The van der Waals surface area contributed by atoms with E-state index in [2.05, 4.69) is 4.90 Å². The van der Waals surface area contributed by atoms with Gasteiger partial charge in [0.2, 0.25) is 0 Å². The molecular formula is C20H27NO3. The van der Waals surface area contributed by atoms with Crippen LogP contribution in [0.1, 0.15) is 29.9 Å². The maximum absolute atomic E-state index is 10.4. The number of hydrogen-bond donors (Lipinski definition) is 1. The summed E-state index contributed by atoms with van der Waals surface area (Å²) in [5.74, 6) is 3.50. The molecule has 1 heterocycles. The molecule has 1 aromatic carbocycles. The zero-order valence-corrected chi connectivity index (χ0v) is 14.6. The van der Waals surface area contributed by atoms with E-state index in [1.54, 1.807) is 0 Å². The number of aliphatic hydroxyl groups excluding tert-OH is 1. The molecule has 1 saturated carbocycles. The summed E-state index contributed by atoms with van der Waals surface area (Å²) in [4.78, 5) is 2.28. The Morgan fingerprint density at radius 3 is 2.67 bits per heavy atom. The van der Waals surface area contributed by atoms with Gasteiger partial charge in [0.25, 0.3) is 0 Å². The smallest absolute Gasteiger partial charge is 0.122 e. The van der Waals surface area contributed by atoms with Crippen LogP contribution >= 0.6 is 0 Å². The van der Waals surface area contributed by atoms with Crippen LogP contribution in [0, 0.1) is 19.8 Å². The fraction of sp³-hybridized carbons (Fsp3) is 0.500. The SMILES string of the molecule is Cc1ccc(CN(CC2CC2)C[C@H](O)COc2ccccc2C)o1. The van der Waals surface area contributed by atoms with Crippen LogP contribution in [0.3, 0.4) is 0 Å². The highest BCUT2D eigenvalue weighted by Gasteiger charge is 2.26. The maximum Gasteiger partial charge on any atom is 0.122 e. The number of aliphatic hydroxyl groups is 1. The van der Waals surface area contributed by atoms with Gasteiger partial charge in [-0.25, -0.2) is 0 Å². The minimum Gasteiger partial charge on any atom is -0.491 e. The third-order valence-electron chi connectivity index (χ3n) is 4.38. The summed E-state index contributed by atoms with van der Waals surface area (Å²) in [6.45, 7) is 6.64. The zero-order valence-electron chi connectivity index (χ0n) is 14.6. The van der Waals surface area contributed by atoms with Crippen molar-refractivity contribution in [3.05, 3.63) is 53.5 Å². The minimum absolute atomic E-state index is 0.309. The second-order valence-corrected chi connectivity index (χ2v) is 6.88. The largest absolute Gasteiger partial charge is 0.491 e. The molecule has 0 saturated heterocycles. The van der Waals surface area contributed by atoms with Crippen LogP contribution in [-0.2, 0) is 6.54 Å². The van der Waals surface area contributed by atoms with Gasteiger partial charge in [-0.3, -0.25) is 4.90 Å². The van der Waals surface area contributed by atoms with Crippen molar-refractivity contribution in [2.45, 2.75) is 39.3 Å². The molecule has 0 aliphatic heterocycles. The lowest BCUT2D eigenvalue weighted by Crippen LogP contribution is -2.36. The van der Waals surface area contributed by atoms with E-state index in [-0.39, 0.29) is 0 Å². The predicted octanol–water partition coefficient (Wildman–Crippen LogP) is 3.55. The molecule has 1 N–H and O–H groups in total. The number of furan rings is 1. The van der Waals surface area contributed by atoms with Crippen molar-refractivity contribution in [1.29, 1.82) is 0 Å². The Morgan fingerprint density at radius 2 is 2.00 bits per heavy atom. The van der Waals surface area contributed by atoms with Gasteiger partial charge in [0.1, 0.15) is 30.0 Å². The van der Waals surface area contributed by atoms with E-state index in [1.807, 2.05) is 50.2 Å². The van der Waals surface area contributed by atoms with Gasteiger partial charge in [0.05, 0.1) is 6.54 Å². The number of para-hydroxylation sites is 1. The Hall–Kier alpha value is -1.78. The van der Waals surface area contributed by atoms with Gasteiger partial charge in [0.15, 0.2) is 0 Å². The fourth-order valence-electron chi connectivity index (χ4n) is 2.91. The molecule has 0 unspecified atom stereocenters. The molecule has 0 amide bonds. The van der Waals surface area contributed by atoms with Gasteiger partial charge < -0.3 is 14.3 Å². The molecule has 4 heteroatoms. The summed E-state index contributed by atoms with van der Waals surface area (Å²) in [5, 5.41) is 10.4. The van der Waals surface area contributed by atoms with Crippen molar-refractivity contribution in [2.24, 2.45) is 5.92 Å². The van der Waals surface area contributed by atoms with Crippen molar-refractivity contribution in [3.8, 4) is 5.75 Å². The van der Waals surface area contributed by atoms with Gasteiger partial charge in [0, 0.05) is 13.1 Å². The maximum atomic E-state index is 10.4. The highest BCUT2D eigenvalue weighted by molar-refractivity contribution is 5.31. The second-order valence-electron chi connectivity index (χ2n) is 6.88. The molecule has 1 aliphatic carbocycles. The van der Waals surface area contributed by atoms with Crippen LogP contribution in [-0.4, -0.2) is 35.8 Å². The lowest BCUT2D eigenvalue weighted by molar-refractivity contribution is 0.0613. The quantitative estimate of drug-likeness (QED) is 0.764. The van der Waals surface area contributed by atoms with E-state index in [1.165, 1.54) is 12.8 Å². The highest BCUT2D eigenvalue weighted by Crippen LogP contribution is 2.30. The van der Waals surface area contributed by atoms with Crippen LogP contribution in [0.4, 0.5) is 0 Å². The minimum atomic E-state index is -0.514. The Balaban J connectivity index is 1.52. The lowest BCUT2D eigenvalue weighted by atomic mass is 10.2. The van der Waals surface area contributed by atoms with Crippen LogP contribution in [0.2, 0.25) is 0 Å². The van der Waals surface area contributed by atoms with Gasteiger partial charge in [-0.15, -0.1) is 0 Å². The van der Waals surface area contributed by atoms with E-state index in [4.69, 9.17) is 9.15 Å². The van der Waals surface area contributed by atoms with Gasteiger partial charge in [-0.1, -0.05) is 18.2 Å². The molecule has 2 aromatic rings. The van der Waals surface area contributed by atoms with Crippen LogP contribution < -0.4 is 4.74 Å². The molecule has 0 radical (unpaired) electrons. The van der Waals surface area contributed by atoms with E-state index >= 15 is 0 Å². The molecule has 24 heavy (non-hydrogen) atoms. The number of hydrogen-bond acceptors (Lipinski definition) is 4. The number of aryl methyl sites for hydroxylation is 2. The van der Waals surface area contributed by atoms with Crippen molar-refractivity contribution >= 4 is 0 Å². The second kappa shape index (κ2) is 7.86. The molecule has 0 bridgehead atoms. The van der Waals surface area contributed by atoms with E-state index in [0.29, 0.717) is 13.2 Å². The monoisotopic (exact) mass is 329 g/mol. The molecular weight excluding hydrogens is 302 g/mol. The van der Waals surface area contributed by atoms with Crippen LogP contribution in [0.15, 0.2) is 40.8 Å². The molecule has 0 spiro atoms. The van der Waals surface area contributed by atoms with E-state index < -0.39 is 6.10 Å². The first-order chi connectivity index (χ1) is 11.6. The van der Waals surface area contributed by atoms with Crippen LogP contribution in [0.25, 0.3) is 0 Å². The Labute approximate surface area is 144 Å². The molecule has 1 aromatic heterocycles. The molecule has 1 fully saturated rings. The highest BCUT2D eigenvalue weighted by atomic mass is 16.5. The number of nitrogens with zero attached hydrogens (tertiary/aromatic N) is 1. The predicted molar refractivity (Wildman–Crippen MR) is 94.1 cm³/mol. The Morgan fingerprint density at radius 1 is 1.21 bits per heavy atom. The number of benzene rings is 1. The zero-order chi connectivity index (χ0) is 16.9. The first-order valence-corrected chi connectivity index (χ1v) is 8.74. The standard InChI is InChI=1S/C20H27NO3/c1-15-5-3-4-6-20(15)23-14-18(22)12-21(11-17-8-9-17)13-19-10-7-16(2)24-19/h3-7,10,17-18,22H,8-9,11-14H2,1-2H3/t18-/m0/s1. The summed E-state index contributed by atoms with van der Waals surface area (Å²) in [5.41, 5.74) is 1.09. The van der Waals surface area contributed by atoms with Crippen molar-refractivity contribution in [3.63, 3.8) is 0 Å². The van der Waals surface area contributed by atoms with Gasteiger partial charge >= 0.3 is 0 Å². The molecule has 1 atom stereocenters. The summed E-state index contributed by atoms with van der Waals surface area (Å²) >= 11 is 0. The molecule has 4 nitrogen and oxygen atoms in total. The number of rotatable bonds is 9. The topological polar surface area (TPSA) is 45.8 Å². The third-order valence-corrected chi connectivity index (χ3v) is 4.38. The van der Waals surface area contributed by atoms with Crippen molar-refractivity contribution in [2.75, 3.05) is 19.7 Å². The fourth-order valence-corrected chi connectivity index (χ4v) is 2.91. The Kier molecular flexibility index (Phi) is 5.59. The average molecular weight is 329 g/mol. The van der Waals surface area contributed by atoms with E-state index in [0.717, 1.165) is 41.8 Å². The third kappa shape index (κ3) is 5.11. The molecule has 3 rings (SSSR count). The summed E-state index contributed by atoms with van der Waals surface area (Å²) in [6, 6.07) is 11.9. The number of ether oxygens (including phenoxy) is 1. The molecule has 130 valence electrons. The Bertz CT molecular complexity index is 648. The summed E-state index contributed by atoms with van der Waals surface area (Å²) < 4.78 is 11.5. The van der Waals surface area contributed by atoms with Gasteiger partial charge in [-0.2, -0.15) is 0 Å². The van der Waals surface area contributed by atoms with Crippen LogP contribution in [0.5, 0.6) is 5.75 Å². The molecule has 1 aliphatic rings. The average Bonchev–Trinajstić information content (AvgIpc) is 3.27. The van der Waals surface area contributed by atoms with Gasteiger partial charge in [-0.05, 0) is 56.4 Å². The van der Waals surface area contributed by atoms with E-state index in [9.17, 15) is 5.11 Å². The summed E-state index contributed by atoms with van der Waals surface area (Å²) in [7, 11) is 0. The normalized spacial score (nSPS) is 15.7. The van der Waals surface area contributed by atoms with Crippen molar-refractivity contribution in [1.82, 2.24) is 4.90 Å². The summed E-state index contributed by atoms with van der Waals surface area (Å²) in [6.07, 6.45) is 2.08. The first kappa shape index (κ1) is 17.1.